The molecule has 2 N–H and O–H groups in total. The van der Waals surface area contributed by atoms with Crippen molar-refractivity contribution in [2.75, 3.05) is 5.32 Å². The number of aromatic hydroxyl groups is 1. The van der Waals surface area contributed by atoms with E-state index < -0.39 is 0 Å². The Balaban J connectivity index is 2.16. The van der Waals surface area contributed by atoms with Crippen molar-refractivity contribution in [3.8, 4) is 5.75 Å². The maximum atomic E-state index is 12.0. The van der Waals surface area contributed by atoms with Crippen LogP contribution in [0, 0.1) is 6.92 Å². The first-order chi connectivity index (χ1) is 8.97. The number of phenolic OH excluding ortho intramolecular Hbond substituents is 1. The van der Waals surface area contributed by atoms with Crippen LogP contribution in [0.1, 0.15) is 34.2 Å². The number of aryl methyl sites for hydroxylation is 1. The summed E-state index contributed by atoms with van der Waals surface area (Å²) in [6.07, 6.45) is 0. The third kappa shape index (κ3) is 3.09. The zero-order valence-electron chi connectivity index (χ0n) is 10.6. The normalized spacial score (nSPS) is 12.2. The van der Waals surface area contributed by atoms with Crippen LogP contribution in [0.4, 0.5) is 5.69 Å². The number of carbonyl (C=O) groups excluding carboxylic acids is 1. The Morgan fingerprint density at radius 3 is 2.68 bits per heavy atom. The molecule has 4 nitrogen and oxygen atoms in total. The molecule has 0 aliphatic carbocycles. The number of amides is 1. The van der Waals surface area contributed by atoms with Crippen molar-refractivity contribution < 1.29 is 14.3 Å². The number of nitrogens with one attached hydrogen (secondary N) is 1. The molecule has 2 aromatic rings. The number of halogens is 1. The highest BCUT2D eigenvalue weighted by atomic mass is 35.5. The van der Waals surface area contributed by atoms with Crippen LogP contribution < -0.4 is 5.32 Å². The number of anilines is 1. The summed E-state index contributed by atoms with van der Waals surface area (Å²) in [4.78, 5) is 12.0. The minimum absolute atomic E-state index is 0.159. The molecule has 0 aliphatic heterocycles. The van der Waals surface area contributed by atoms with Gasteiger partial charge in [-0.3, -0.25) is 4.79 Å². The Morgan fingerprint density at radius 1 is 1.37 bits per heavy atom. The highest BCUT2D eigenvalue weighted by Gasteiger charge is 2.14. The van der Waals surface area contributed by atoms with Crippen LogP contribution >= 0.6 is 11.6 Å². The van der Waals surface area contributed by atoms with Gasteiger partial charge in [0.2, 0.25) is 0 Å². The van der Waals surface area contributed by atoms with Crippen LogP contribution in [-0.4, -0.2) is 11.0 Å². The number of carbonyl (C=O) groups is 1. The van der Waals surface area contributed by atoms with E-state index in [-0.39, 0.29) is 22.8 Å². The summed E-state index contributed by atoms with van der Waals surface area (Å²) >= 11 is 5.87. The topological polar surface area (TPSA) is 62.5 Å². The molecule has 1 aromatic heterocycles. The number of hydrogen-bond acceptors (Lipinski definition) is 3. The predicted octanol–water partition coefficient (Wildman–Crippen LogP) is 3.85. The number of phenols is 1. The molecule has 1 aromatic carbocycles. The van der Waals surface area contributed by atoms with Gasteiger partial charge in [-0.2, -0.15) is 0 Å². The van der Waals surface area contributed by atoms with Crippen LogP contribution in [0.3, 0.4) is 0 Å². The van der Waals surface area contributed by atoms with Gasteiger partial charge < -0.3 is 14.8 Å². The van der Waals surface area contributed by atoms with Gasteiger partial charge in [0.05, 0.1) is 5.38 Å². The highest BCUT2D eigenvalue weighted by molar-refractivity contribution is 6.20. The Bertz CT molecular complexity index is 604. The van der Waals surface area contributed by atoms with E-state index in [9.17, 15) is 9.90 Å². The molecule has 19 heavy (non-hydrogen) atoms. The van der Waals surface area contributed by atoms with Crippen molar-refractivity contribution in [2.45, 2.75) is 19.2 Å². The molecule has 5 heteroatoms. The molecule has 0 aliphatic rings. The van der Waals surface area contributed by atoms with Crippen LogP contribution in [0.25, 0.3) is 0 Å². The number of rotatable bonds is 3. The second-order valence-corrected chi connectivity index (χ2v) is 4.93. The van der Waals surface area contributed by atoms with Gasteiger partial charge in [-0.25, -0.2) is 0 Å². The molecule has 1 unspecified atom stereocenters. The predicted molar refractivity (Wildman–Crippen MR) is 73.8 cm³/mol. The summed E-state index contributed by atoms with van der Waals surface area (Å²) < 4.78 is 5.35. The Hall–Kier alpha value is -1.94. The molecular formula is C14H14ClNO3. The summed E-state index contributed by atoms with van der Waals surface area (Å²) in [5.41, 5.74) is 1.39. The minimum Gasteiger partial charge on any atom is -0.508 e. The average Bonchev–Trinajstić information content (AvgIpc) is 2.82. The third-order valence-electron chi connectivity index (χ3n) is 2.70. The van der Waals surface area contributed by atoms with Gasteiger partial charge in [-0.15, -0.1) is 11.6 Å². The molecule has 0 bridgehead atoms. The van der Waals surface area contributed by atoms with Crippen LogP contribution in [0.2, 0.25) is 0 Å². The summed E-state index contributed by atoms with van der Waals surface area (Å²) in [7, 11) is 0. The molecule has 0 saturated carbocycles. The molecule has 0 fully saturated rings. The van der Waals surface area contributed by atoms with Crippen molar-refractivity contribution in [3.05, 3.63) is 47.4 Å². The van der Waals surface area contributed by atoms with Gasteiger partial charge in [-0.05, 0) is 49.7 Å². The van der Waals surface area contributed by atoms with Gasteiger partial charge in [0.15, 0.2) is 5.76 Å². The molecule has 100 valence electrons. The lowest BCUT2D eigenvalue weighted by atomic mass is 10.2. The standard InChI is InChI=1S/C14H14ClNO3/c1-8-7-10(17)3-4-11(8)16-14(18)13-6-5-12(19-13)9(2)15/h3-7,9,17H,1-2H3,(H,16,18). The molecule has 0 radical (unpaired) electrons. The lowest BCUT2D eigenvalue weighted by Gasteiger charge is -2.07. The van der Waals surface area contributed by atoms with E-state index in [1.807, 2.05) is 0 Å². The molecule has 2 rings (SSSR count). The molecule has 1 atom stereocenters. The van der Waals surface area contributed by atoms with Crippen molar-refractivity contribution >= 4 is 23.2 Å². The van der Waals surface area contributed by atoms with Gasteiger partial charge in [-0.1, -0.05) is 0 Å². The van der Waals surface area contributed by atoms with E-state index >= 15 is 0 Å². The summed E-state index contributed by atoms with van der Waals surface area (Å²) in [5.74, 6) is 0.563. The maximum Gasteiger partial charge on any atom is 0.291 e. The molecular weight excluding hydrogens is 266 g/mol. The van der Waals surface area contributed by atoms with E-state index in [0.29, 0.717) is 11.4 Å². The highest BCUT2D eigenvalue weighted by Crippen LogP contribution is 2.24. The minimum atomic E-state index is -0.350. The number of alkyl halides is 1. The SMILES string of the molecule is Cc1cc(O)ccc1NC(=O)c1ccc(C(C)Cl)o1. The van der Waals surface area contributed by atoms with Crippen molar-refractivity contribution in [1.82, 2.24) is 0 Å². The van der Waals surface area contributed by atoms with E-state index in [4.69, 9.17) is 16.0 Å². The lowest BCUT2D eigenvalue weighted by molar-refractivity contribution is 0.0995. The first-order valence-corrected chi connectivity index (χ1v) is 6.26. The van der Waals surface area contributed by atoms with Gasteiger partial charge in [0, 0.05) is 5.69 Å². The van der Waals surface area contributed by atoms with Crippen molar-refractivity contribution in [1.29, 1.82) is 0 Å². The van der Waals surface area contributed by atoms with E-state index in [0.717, 1.165) is 5.56 Å². The van der Waals surface area contributed by atoms with Gasteiger partial charge in [0.25, 0.3) is 5.91 Å². The second-order valence-electron chi connectivity index (χ2n) is 4.27. The fourth-order valence-corrected chi connectivity index (χ4v) is 1.78. The molecule has 0 saturated heterocycles. The summed E-state index contributed by atoms with van der Waals surface area (Å²) in [5, 5.41) is 11.7. The smallest absolute Gasteiger partial charge is 0.291 e. The fourth-order valence-electron chi connectivity index (χ4n) is 1.66. The number of furan rings is 1. The van der Waals surface area contributed by atoms with Crippen molar-refractivity contribution in [2.24, 2.45) is 0 Å². The van der Waals surface area contributed by atoms with Gasteiger partial charge in [0.1, 0.15) is 11.5 Å². The summed E-state index contributed by atoms with van der Waals surface area (Å²) in [6, 6.07) is 7.98. The van der Waals surface area contributed by atoms with Crippen LogP contribution in [0.5, 0.6) is 5.75 Å². The second kappa shape index (κ2) is 5.36. The van der Waals surface area contributed by atoms with Crippen LogP contribution in [0.15, 0.2) is 34.7 Å². The quantitative estimate of drug-likeness (QED) is 0.663. The zero-order valence-corrected chi connectivity index (χ0v) is 11.4. The Morgan fingerprint density at radius 2 is 2.11 bits per heavy atom. The largest absolute Gasteiger partial charge is 0.508 e. The lowest BCUT2D eigenvalue weighted by Crippen LogP contribution is -2.11. The molecule has 1 heterocycles. The van der Waals surface area contributed by atoms with E-state index in [1.54, 1.807) is 38.1 Å². The number of benzene rings is 1. The maximum absolute atomic E-state index is 12.0. The Labute approximate surface area is 116 Å². The van der Waals surface area contributed by atoms with E-state index in [2.05, 4.69) is 5.32 Å². The third-order valence-corrected chi connectivity index (χ3v) is 2.92. The van der Waals surface area contributed by atoms with Crippen molar-refractivity contribution in [3.63, 3.8) is 0 Å². The number of hydrogen-bond donors (Lipinski definition) is 2. The fraction of sp³-hybridized carbons (Fsp3) is 0.214. The Kier molecular flexibility index (Phi) is 3.81. The first-order valence-electron chi connectivity index (χ1n) is 5.82. The van der Waals surface area contributed by atoms with Crippen LogP contribution in [-0.2, 0) is 0 Å². The molecule has 0 spiro atoms. The van der Waals surface area contributed by atoms with Gasteiger partial charge >= 0.3 is 0 Å². The average molecular weight is 280 g/mol. The van der Waals surface area contributed by atoms with E-state index in [1.165, 1.54) is 6.07 Å². The monoisotopic (exact) mass is 279 g/mol. The first kappa shape index (κ1) is 13.5. The summed E-state index contributed by atoms with van der Waals surface area (Å²) in [6.45, 7) is 3.57. The molecule has 1 amide bonds. The zero-order chi connectivity index (χ0) is 14.0.